The Morgan fingerprint density at radius 2 is 0.894 bits per heavy atom. The van der Waals surface area contributed by atoms with E-state index in [1.165, 1.54) is 84.1 Å². The van der Waals surface area contributed by atoms with Crippen LogP contribution in [0.15, 0.2) is 152 Å². The standard InChI is InChI=1S/C62H72BN3/c1-13-59(5,6)43-27-33-49(34-28-43)65-54-37-31-45(61(9,10)15-3)39-52(54)63-53-40-46(62(11,12)16-4)32-38-55(53)66(50-35-29-44(30-36-50)60(7,8)14-2)57-42-51(41-56(65)58(57)63)64(47-23-19-17-20-24-47)48-25-21-18-22-26-48/h17-25,27-42,48H,13-16,26H2,1-12H3. The Morgan fingerprint density at radius 3 is 1.30 bits per heavy atom. The van der Waals surface area contributed by atoms with Crippen LogP contribution in [0.3, 0.4) is 0 Å². The van der Waals surface area contributed by atoms with Crippen LogP contribution in [0.1, 0.15) is 137 Å². The van der Waals surface area contributed by atoms with Crippen LogP contribution in [0.2, 0.25) is 0 Å². The number of benzene rings is 6. The maximum Gasteiger partial charge on any atom is 0.252 e. The molecule has 0 saturated heterocycles. The summed E-state index contributed by atoms with van der Waals surface area (Å²) < 4.78 is 0. The van der Waals surface area contributed by atoms with Crippen LogP contribution in [-0.4, -0.2) is 12.8 Å². The second-order valence-corrected chi connectivity index (χ2v) is 21.9. The fourth-order valence-electron chi connectivity index (χ4n) is 10.3. The minimum Gasteiger partial charge on any atom is -0.334 e. The highest BCUT2D eigenvalue weighted by molar-refractivity contribution is 7.00. The summed E-state index contributed by atoms with van der Waals surface area (Å²) in [6, 6.07) is 50.2. The maximum absolute atomic E-state index is 2.61. The molecule has 3 nitrogen and oxygen atoms in total. The number of allylic oxidation sites excluding steroid dienone is 2. The summed E-state index contributed by atoms with van der Waals surface area (Å²) in [6.07, 6.45) is 14.3. The average Bonchev–Trinajstić information content (AvgIpc) is 3.34. The molecule has 0 radical (unpaired) electrons. The highest BCUT2D eigenvalue weighted by Crippen LogP contribution is 2.49. The molecule has 0 amide bonds. The molecule has 0 spiro atoms. The van der Waals surface area contributed by atoms with Gasteiger partial charge in [0, 0.05) is 45.5 Å². The fraction of sp³-hybridized carbons (Fsp3) is 0.355. The molecule has 0 aromatic heterocycles. The van der Waals surface area contributed by atoms with Crippen LogP contribution >= 0.6 is 0 Å². The lowest BCUT2D eigenvalue weighted by Crippen LogP contribution is -2.61. The van der Waals surface area contributed by atoms with E-state index >= 15 is 0 Å². The number of hydrogen-bond donors (Lipinski definition) is 0. The zero-order valence-electron chi connectivity index (χ0n) is 42.0. The number of nitrogens with zero attached hydrogens (tertiary/aromatic N) is 3. The van der Waals surface area contributed by atoms with Gasteiger partial charge in [0.25, 0.3) is 6.71 Å². The number of hydrogen-bond acceptors (Lipinski definition) is 3. The lowest BCUT2D eigenvalue weighted by atomic mass is 9.33. The third-order valence-electron chi connectivity index (χ3n) is 16.6. The van der Waals surface area contributed by atoms with Crippen LogP contribution in [0.5, 0.6) is 0 Å². The van der Waals surface area contributed by atoms with Crippen LogP contribution < -0.4 is 31.1 Å². The first-order chi connectivity index (χ1) is 31.5. The Hall–Kier alpha value is -5.74. The van der Waals surface area contributed by atoms with Crippen molar-refractivity contribution in [1.29, 1.82) is 0 Å². The Balaban J connectivity index is 1.41. The lowest BCUT2D eigenvalue weighted by molar-refractivity contribution is 0.506. The van der Waals surface area contributed by atoms with Gasteiger partial charge in [0.1, 0.15) is 0 Å². The van der Waals surface area contributed by atoms with E-state index in [-0.39, 0.29) is 34.4 Å². The van der Waals surface area contributed by atoms with Crippen LogP contribution in [0.4, 0.5) is 45.5 Å². The molecule has 9 rings (SSSR count). The SMILES string of the molecule is CCC(C)(C)c1ccc(N2c3ccc(C(C)(C)CC)cc3B3c4cc(C(C)(C)CC)ccc4N(c4ccc(C(C)(C)CC)cc4)c4cc(N(c5ccccc5)C5C=CC=CC5)cc2c43)cc1. The predicted molar refractivity (Wildman–Crippen MR) is 289 cm³/mol. The van der Waals surface area contributed by atoms with E-state index in [0.29, 0.717) is 0 Å². The van der Waals surface area contributed by atoms with Crippen molar-refractivity contribution in [2.24, 2.45) is 0 Å². The Kier molecular flexibility index (Phi) is 11.8. The van der Waals surface area contributed by atoms with Gasteiger partial charge in [0.05, 0.1) is 6.04 Å². The van der Waals surface area contributed by atoms with Crippen molar-refractivity contribution in [2.75, 3.05) is 14.7 Å². The third kappa shape index (κ3) is 7.82. The Morgan fingerprint density at radius 1 is 0.470 bits per heavy atom. The second-order valence-electron chi connectivity index (χ2n) is 21.9. The summed E-state index contributed by atoms with van der Waals surface area (Å²) in [5.74, 6) is 0. The van der Waals surface area contributed by atoms with Gasteiger partial charge in [-0.25, -0.2) is 0 Å². The summed E-state index contributed by atoms with van der Waals surface area (Å²) in [5.41, 5.74) is 19.5. The van der Waals surface area contributed by atoms with Gasteiger partial charge >= 0.3 is 0 Å². The van der Waals surface area contributed by atoms with E-state index < -0.39 is 0 Å². The topological polar surface area (TPSA) is 9.72 Å². The second kappa shape index (κ2) is 17.2. The van der Waals surface area contributed by atoms with Crippen LogP contribution in [-0.2, 0) is 21.7 Å². The molecule has 3 aliphatic rings. The largest absolute Gasteiger partial charge is 0.334 e. The molecule has 1 unspecified atom stereocenters. The molecule has 338 valence electrons. The molecule has 1 aliphatic carbocycles. The Labute approximate surface area is 398 Å². The summed E-state index contributed by atoms with van der Waals surface area (Å²) >= 11 is 0. The molecular formula is C62H72BN3. The fourth-order valence-corrected chi connectivity index (χ4v) is 10.3. The zero-order chi connectivity index (χ0) is 46.8. The molecule has 4 heteroatoms. The molecule has 0 saturated carbocycles. The summed E-state index contributed by atoms with van der Waals surface area (Å²) in [4.78, 5) is 7.79. The molecule has 0 N–H and O–H groups in total. The van der Waals surface area contributed by atoms with Gasteiger partial charge in [-0.05, 0) is 153 Å². The van der Waals surface area contributed by atoms with Crippen molar-refractivity contribution in [2.45, 2.75) is 143 Å². The van der Waals surface area contributed by atoms with Gasteiger partial charge in [-0.3, -0.25) is 0 Å². The van der Waals surface area contributed by atoms with Gasteiger partial charge in [-0.15, -0.1) is 0 Å². The van der Waals surface area contributed by atoms with Gasteiger partial charge in [0.15, 0.2) is 0 Å². The van der Waals surface area contributed by atoms with E-state index in [9.17, 15) is 0 Å². The number of fused-ring (bicyclic) bond motifs is 4. The van der Waals surface area contributed by atoms with E-state index in [4.69, 9.17) is 0 Å². The molecule has 66 heavy (non-hydrogen) atoms. The predicted octanol–water partition coefficient (Wildman–Crippen LogP) is 15.5. The van der Waals surface area contributed by atoms with Crippen molar-refractivity contribution < 1.29 is 0 Å². The summed E-state index contributed by atoms with van der Waals surface area (Å²) in [6.45, 7) is 28.4. The van der Waals surface area contributed by atoms with E-state index in [2.05, 4.69) is 249 Å². The van der Waals surface area contributed by atoms with Gasteiger partial charge in [-0.1, -0.05) is 174 Å². The first kappa shape index (κ1) is 45.4. The smallest absolute Gasteiger partial charge is 0.252 e. The summed E-state index contributed by atoms with van der Waals surface area (Å²) in [7, 11) is 0. The minimum absolute atomic E-state index is 0.0149. The van der Waals surface area contributed by atoms with Gasteiger partial charge in [-0.2, -0.15) is 0 Å². The molecule has 2 aliphatic heterocycles. The monoisotopic (exact) mass is 870 g/mol. The van der Waals surface area contributed by atoms with Crippen molar-refractivity contribution in [3.8, 4) is 0 Å². The van der Waals surface area contributed by atoms with Crippen molar-refractivity contribution >= 4 is 68.6 Å². The molecule has 6 aromatic rings. The molecule has 2 heterocycles. The first-order valence-corrected chi connectivity index (χ1v) is 25.0. The van der Waals surface area contributed by atoms with Crippen LogP contribution in [0, 0.1) is 0 Å². The molecule has 0 bridgehead atoms. The average molecular weight is 870 g/mol. The highest BCUT2D eigenvalue weighted by Gasteiger charge is 2.45. The van der Waals surface area contributed by atoms with Crippen molar-refractivity contribution in [1.82, 2.24) is 0 Å². The van der Waals surface area contributed by atoms with Crippen molar-refractivity contribution in [3.63, 3.8) is 0 Å². The highest BCUT2D eigenvalue weighted by atomic mass is 15.2. The lowest BCUT2D eigenvalue weighted by Gasteiger charge is -2.46. The maximum atomic E-state index is 2.61. The zero-order valence-corrected chi connectivity index (χ0v) is 42.0. The molecule has 1 atom stereocenters. The van der Waals surface area contributed by atoms with E-state index in [1.807, 2.05) is 0 Å². The molecular weight excluding hydrogens is 798 g/mol. The van der Waals surface area contributed by atoms with Gasteiger partial charge in [0.2, 0.25) is 0 Å². The minimum atomic E-state index is 0.0149. The van der Waals surface area contributed by atoms with Crippen LogP contribution in [0.25, 0.3) is 0 Å². The van der Waals surface area contributed by atoms with Gasteiger partial charge < -0.3 is 14.7 Å². The molecule has 6 aromatic carbocycles. The first-order valence-electron chi connectivity index (χ1n) is 25.0. The van der Waals surface area contributed by atoms with E-state index in [1.54, 1.807) is 0 Å². The summed E-state index contributed by atoms with van der Waals surface area (Å²) in [5, 5.41) is 0. The molecule has 0 fully saturated rings. The Bertz CT molecular complexity index is 2640. The number of para-hydroxylation sites is 1. The van der Waals surface area contributed by atoms with E-state index in [0.717, 1.165) is 32.1 Å². The third-order valence-corrected chi connectivity index (χ3v) is 16.6. The van der Waals surface area contributed by atoms with Crippen molar-refractivity contribution in [3.05, 3.63) is 174 Å². The quantitative estimate of drug-likeness (QED) is 0.107. The normalized spacial score (nSPS) is 15.7. The number of rotatable bonds is 13. The number of anilines is 8.